The average Bonchev–Trinajstić information content (AvgIpc) is 2.90. The van der Waals surface area contributed by atoms with Gasteiger partial charge in [0.1, 0.15) is 17.9 Å². The Hall–Kier alpha value is -0.970. The first kappa shape index (κ1) is 18.4. The van der Waals surface area contributed by atoms with E-state index < -0.39 is 17.2 Å². The number of ether oxygens (including phenoxy) is 1. The second kappa shape index (κ2) is 5.76. The average molecular weight is 366 g/mol. The molecular weight excluding hydrogens is 335 g/mol. The Morgan fingerprint density at radius 2 is 1.85 bits per heavy atom. The first-order valence-electron chi connectivity index (χ1n) is 10.2. The summed E-state index contributed by atoms with van der Waals surface area (Å²) in [4.78, 5) is 23.5. The number of hydrogen-bond donors (Lipinski definition) is 1. The number of carbonyl (C=O) groups is 2. The van der Waals surface area contributed by atoms with E-state index in [2.05, 4.69) is 6.92 Å². The quantitative estimate of drug-likeness (QED) is 0.720. The van der Waals surface area contributed by atoms with Gasteiger partial charge < -0.3 is 9.84 Å². The monoisotopic (exact) mass is 366 g/mol. The van der Waals surface area contributed by atoms with E-state index >= 15 is 4.39 Å². The van der Waals surface area contributed by atoms with E-state index in [-0.39, 0.29) is 42.0 Å². The van der Waals surface area contributed by atoms with E-state index in [1.54, 1.807) is 0 Å². The Labute approximate surface area is 154 Å². The van der Waals surface area contributed by atoms with Crippen molar-refractivity contribution in [2.75, 3.05) is 0 Å². The molecule has 0 bridgehead atoms. The Balaban J connectivity index is 1.64. The zero-order valence-electron chi connectivity index (χ0n) is 16.1. The van der Waals surface area contributed by atoms with Gasteiger partial charge in [-0.3, -0.25) is 9.59 Å². The second-order valence-electron chi connectivity index (χ2n) is 9.78. The number of esters is 1. The first-order valence-corrected chi connectivity index (χ1v) is 10.2. The van der Waals surface area contributed by atoms with Crippen molar-refractivity contribution in [1.29, 1.82) is 0 Å². The smallest absolute Gasteiger partial charge is 0.302 e. The van der Waals surface area contributed by atoms with Gasteiger partial charge in [-0.2, -0.15) is 0 Å². The van der Waals surface area contributed by atoms with Crippen LogP contribution >= 0.6 is 0 Å². The van der Waals surface area contributed by atoms with Crippen molar-refractivity contribution in [3.63, 3.8) is 0 Å². The molecule has 4 aliphatic carbocycles. The van der Waals surface area contributed by atoms with Gasteiger partial charge in [0.2, 0.25) is 0 Å². The number of aliphatic hydroxyl groups is 1. The Bertz CT molecular complexity index is 636. The van der Waals surface area contributed by atoms with Gasteiger partial charge in [-0.1, -0.05) is 13.8 Å². The van der Waals surface area contributed by atoms with Gasteiger partial charge in [0, 0.05) is 24.2 Å². The van der Waals surface area contributed by atoms with Gasteiger partial charge in [-0.25, -0.2) is 4.39 Å². The standard InChI is InChI=1S/C21H31FO4/c1-12(23)26-17-5-4-14-13-6-11-21(22)18(25)16(24)8-10-20(21,3)15(13)7-9-19(14,17)2/h13-15,17-18,25H,4-11H2,1-3H3/t13-,14-,15-,17-,18+,19-,20+,21+/m0/s1. The van der Waals surface area contributed by atoms with E-state index in [1.807, 2.05) is 6.92 Å². The number of rotatable bonds is 1. The van der Waals surface area contributed by atoms with Gasteiger partial charge in [0.25, 0.3) is 0 Å². The van der Waals surface area contributed by atoms with Crippen LogP contribution in [-0.2, 0) is 14.3 Å². The number of fused-ring (bicyclic) bond motifs is 5. The molecule has 4 aliphatic rings. The van der Waals surface area contributed by atoms with E-state index in [1.165, 1.54) is 6.92 Å². The third kappa shape index (κ3) is 2.22. The summed E-state index contributed by atoms with van der Waals surface area (Å²) in [6, 6.07) is 0. The highest BCUT2D eigenvalue weighted by molar-refractivity contribution is 5.85. The lowest BCUT2D eigenvalue weighted by Gasteiger charge is -2.62. The summed E-state index contributed by atoms with van der Waals surface area (Å²) in [6.07, 6.45) is 4.03. The molecule has 0 saturated heterocycles. The molecular formula is C21H31FO4. The third-order valence-electron chi connectivity index (χ3n) is 8.90. The lowest BCUT2D eigenvalue weighted by atomic mass is 9.43. The van der Waals surface area contributed by atoms with E-state index in [0.29, 0.717) is 24.7 Å². The number of Topliss-reactive ketones (excluding diaryl/α,β-unsaturated/α-hetero) is 1. The van der Waals surface area contributed by atoms with Crippen LogP contribution < -0.4 is 0 Å². The molecule has 0 amide bonds. The van der Waals surface area contributed by atoms with Crippen molar-refractivity contribution in [3.05, 3.63) is 0 Å². The predicted octanol–water partition coefficient (Wildman–Crippen LogP) is 3.59. The Kier molecular flexibility index (Phi) is 4.08. The summed E-state index contributed by atoms with van der Waals surface area (Å²) in [5.74, 6) is 0.467. The normalized spacial score (nSPS) is 53.4. The van der Waals surface area contributed by atoms with Crippen LogP contribution in [-0.4, -0.2) is 34.7 Å². The number of carbonyl (C=O) groups excluding carboxylic acids is 2. The fourth-order valence-electron chi connectivity index (χ4n) is 7.41. The van der Waals surface area contributed by atoms with Crippen molar-refractivity contribution in [2.45, 2.75) is 90.0 Å². The summed E-state index contributed by atoms with van der Waals surface area (Å²) in [5, 5.41) is 10.4. The van der Waals surface area contributed by atoms with Crippen LogP contribution in [0.25, 0.3) is 0 Å². The second-order valence-corrected chi connectivity index (χ2v) is 9.78. The molecule has 4 saturated carbocycles. The molecule has 0 radical (unpaired) electrons. The molecule has 1 N–H and O–H groups in total. The predicted molar refractivity (Wildman–Crippen MR) is 94.0 cm³/mol. The largest absolute Gasteiger partial charge is 0.462 e. The maximum absolute atomic E-state index is 16.0. The molecule has 4 rings (SSSR count). The third-order valence-corrected chi connectivity index (χ3v) is 8.90. The van der Waals surface area contributed by atoms with Crippen LogP contribution in [0.3, 0.4) is 0 Å². The SMILES string of the molecule is CC(=O)O[C@H]1CC[C@H]2[C@@H]3CC[C@@]4(F)[C@H](O)C(=O)CC[C@]4(C)[C@H]3CC[C@]12C. The van der Waals surface area contributed by atoms with Crippen molar-refractivity contribution >= 4 is 11.8 Å². The summed E-state index contributed by atoms with van der Waals surface area (Å²) in [6.45, 7) is 5.69. The molecule has 146 valence electrons. The topological polar surface area (TPSA) is 63.6 Å². The highest BCUT2D eigenvalue weighted by Crippen LogP contribution is 2.68. The molecule has 0 spiro atoms. The number of aliphatic hydroxyl groups excluding tert-OH is 1. The van der Waals surface area contributed by atoms with E-state index in [9.17, 15) is 14.7 Å². The molecule has 26 heavy (non-hydrogen) atoms. The minimum atomic E-state index is -1.79. The molecule has 0 heterocycles. The highest BCUT2D eigenvalue weighted by atomic mass is 19.1. The van der Waals surface area contributed by atoms with Crippen molar-refractivity contribution in [2.24, 2.45) is 28.6 Å². The van der Waals surface area contributed by atoms with Crippen molar-refractivity contribution < 1.29 is 23.8 Å². The maximum atomic E-state index is 16.0. The lowest BCUT2D eigenvalue weighted by Crippen LogP contribution is -2.66. The minimum Gasteiger partial charge on any atom is -0.462 e. The fraction of sp³-hybridized carbons (Fsp3) is 0.905. The molecule has 0 aromatic carbocycles. The molecule has 4 nitrogen and oxygen atoms in total. The number of hydrogen-bond acceptors (Lipinski definition) is 4. The highest BCUT2D eigenvalue weighted by Gasteiger charge is 2.68. The van der Waals surface area contributed by atoms with Gasteiger partial charge in [0.15, 0.2) is 5.78 Å². The zero-order chi connectivity index (χ0) is 18.9. The molecule has 0 aliphatic heterocycles. The first-order chi connectivity index (χ1) is 12.1. The Morgan fingerprint density at radius 1 is 1.12 bits per heavy atom. The summed E-state index contributed by atoms with van der Waals surface area (Å²) >= 11 is 0. The minimum absolute atomic E-state index is 0.0252. The van der Waals surface area contributed by atoms with E-state index in [4.69, 9.17) is 4.74 Å². The van der Waals surface area contributed by atoms with Gasteiger partial charge >= 0.3 is 5.97 Å². The Morgan fingerprint density at radius 3 is 2.54 bits per heavy atom. The summed E-state index contributed by atoms with van der Waals surface area (Å²) in [5.41, 5.74) is -2.45. The molecule has 8 atom stereocenters. The van der Waals surface area contributed by atoms with Crippen molar-refractivity contribution in [3.8, 4) is 0 Å². The van der Waals surface area contributed by atoms with Gasteiger partial charge in [-0.15, -0.1) is 0 Å². The fourth-order valence-corrected chi connectivity index (χ4v) is 7.41. The van der Waals surface area contributed by atoms with Crippen LogP contribution in [0.5, 0.6) is 0 Å². The number of halogens is 1. The molecule has 4 fully saturated rings. The number of ketones is 1. The molecule has 0 aromatic heterocycles. The summed E-state index contributed by atoms with van der Waals surface area (Å²) < 4.78 is 21.6. The van der Waals surface area contributed by atoms with Crippen LogP contribution in [0.15, 0.2) is 0 Å². The van der Waals surface area contributed by atoms with Gasteiger partial charge in [-0.05, 0) is 62.7 Å². The van der Waals surface area contributed by atoms with Crippen LogP contribution in [0.1, 0.15) is 72.1 Å². The van der Waals surface area contributed by atoms with Crippen LogP contribution in [0, 0.1) is 28.6 Å². The van der Waals surface area contributed by atoms with Gasteiger partial charge in [0.05, 0.1) is 0 Å². The molecule has 5 heteroatoms. The lowest BCUT2D eigenvalue weighted by molar-refractivity contribution is -0.210. The van der Waals surface area contributed by atoms with E-state index in [0.717, 1.165) is 25.7 Å². The van der Waals surface area contributed by atoms with Crippen molar-refractivity contribution in [1.82, 2.24) is 0 Å². The number of alkyl halides is 1. The molecule has 0 aromatic rings. The van der Waals surface area contributed by atoms with Crippen LogP contribution in [0.4, 0.5) is 4.39 Å². The summed E-state index contributed by atoms with van der Waals surface area (Å²) in [7, 11) is 0. The molecule has 0 unspecified atom stereocenters. The zero-order valence-corrected chi connectivity index (χ0v) is 16.1. The van der Waals surface area contributed by atoms with Crippen LogP contribution in [0.2, 0.25) is 0 Å². The maximum Gasteiger partial charge on any atom is 0.302 e.